The molecular weight excluding hydrogens is 404 g/mol. The second-order valence-corrected chi connectivity index (χ2v) is 8.29. The van der Waals surface area contributed by atoms with E-state index in [2.05, 4.69) is 15.2 Å². The third-order valence-corrected chi connectivity index (χ3v) is 6.24. The second-order valence-electron chi connectivity index (χ2n) is 6.95. The van der Waals surface area contributed by atoms with Gasteiger partial charge in [-0.25, -0.2) is 9.78 Å². The summed E-state index contributed by atoms with van der Waals surface area (Å²) in [6, 6.07) is 0.212. The number of pyridine rings is 1. The molecule has 0 bridgehead atoms. The minimum atomic E-state index is -0.494. The van der Waals surface area contributed by atoms with E-state index in [-0.39, 0.29) is 6.04 Å². The van der Waals surface area contributed by atoms with E-state index in [1.165, 1.54) is 11.3 Å². The van der Waals surface area contributed by atoms with E-state index in [9.17, 15) is 4.79 Å². The molecule has 28 heavy (non-hydrogen) atoms. The minimum absolute atomic E-state index is 0.212. The van der Waals surface area contributed by atoms with E-state index >= 15 is 0 Å². The average molecular weight is 427 g/mol. The molecule has 0 atom stereocenters. The van der Waals surface area contributed by atoms with Gasteiger partial charge in [0, 0.05) is 31.1 Å². The monoisotopic (exact) mass is 426 g/mol. The zero-order valence-electron chi connectivity index (χ0n) is 15.6. The van der Waals surface area contributed by atoms with Gasteiger partial charge in [-0.3, -0.25) is 4.90 Å². The number of hydrogen-bond donors (Lipinski definition) is 2. The molecule has 2 aromatic heterocycles. The number of nitrogens with two attached hydrogens (primary N) is 1. The first-order valence-corrected chi connectivity index (χ1v) is 10.5. The van der Waals surface area contributed by atoms with E-state index in [1.807, 2.05) is 6.92 Å². The summed E-state index contributed by atoms with van der Waals surface area (Å²) in [5.41, 5.74) is 7.33. The van der Waals surface area contributed by atoms with Crippen LogP contribution in [0.4, 0.5) is 10.5 Å². The number of thiophene rings is 1. The number of nitrogens with zero attached hydrogens (tertiary/aromatic N) is 2. The number of amides is 1. The first-order valence-electron chi connectivity index (χ1n) is 9.32. The number of ether oxygens (including phenoxy) is 3. The van der Waals surface area contributed by atoms with Gasteiger partial charge in [-0.2, -0.15) is 0 Å². The molecule has 1 saturated heterocycles. The predicted octanol–water partition coefficient (Wildman–Crippen LogP) is 2.80. The van der Waals surface area contributed by atoms with Gasteiger partial charge < -0.3 is 25.3 Å². The van der Waals surface area contributed by atoms with Gasteiger partial charge >= 0.3 is 6.09 Å². The topological polar surface area (TPSA) is 98.9 Å². The number of nitrogen functional groups attached to an aromatic ring is 1. The Morgan fingerprint density at radius 3 is 2.89 bits per heavy atom. The summed E-state index contributed by atoms with van der Waals surface area (Å²) < 4.78 is 16.6. The molecule has 0 spiro atoms. The quantitative estimate of drug-likeness (QED) is 0.732. The van der Waals surface area contributed by atoms with E-state index in [0.717, 1.165) is 51.3 Å². The Bertz CT molecular complexity index is 880. The molecule has 3 heterocycles. The number of fused-ring (bicyclic) bond motifs is 1. The molecule has 4 rings (SSSR count). The lowest BCUT2D eigenvalue weighted by molar-refractivity contribution is 0.0320. The van der Waals surface area contributed by atoms with Crippen LogP contribution in [-0.2, 0) is 4.74 Å². The molecule has 2 aliphatic rings. The molecule has 1 amide bonds. The standard InChI is InChI=1S/C18H23ClN4O4S/c1-10-12-14(20)17(27-18(24)21-11-2-3-11)28-16(12)22-15(13(10)19)26-9-6-23-4-7-25-8-5-23/h11H,2-9,20H2,1H3,(H,21,24). The van der Waals surface area contributed by atoms with Gasteiger partial charge in [0.05, 0.1) is 18.9 Å². The zero-order valence-corrected chi connectivity index (χ0v) is 17.2. The van der Waals surface area contributed by atoms with E-state index in [0.29, 0.717) is 38.5 Å². The number of morpholine rings is 1. The van der Waals surface area contributed by atoms with Crippen molar-refractivity contribution in [3.05, 3.63) is 10.6 Å². The van der Waals surface area contributed by atoms with Crippen molar-refractivity contribution >= 4 is 44.9 Å². The van der Waals surface area contributed by atoms with Gasteiger partial charge in [-0.05, 0) is 25.3 Å². The number of aryl methyl sites for hydroxylation is 1. The van der Waals surface area contributed by atoms with Crippen molar-refractivity contribution in [3.8, 4) is 10.9 Å². The molecule has 10 heteroatoms. The second kappa shape index (κ2) is 8.28. The molecule has 8 nitrogen and oxygen atoms in total. The maximum atomic E-state index is 11.9. The van der Waals surface area contributed by atoms with Gasteiger partial charge in [0.2, 0.25) is 10.9 Å². The van der Waals surface area contributed by atoms with Crippen LogP contribution in [0.15, 0.2) is 0 Å². The summed E-state index contributed by atoms with van der Waals surface area (Å²) in [4.78, 5) is 19.4. The molecule has 3 N–H and O–H groups in total. The van der Waals surface area contributed by atoms with Crippen molar-refractivity contribution in [1.29, 1.82) is 0 Å². The fourth-order valence-electron chi connectivity index (χ4n) is 3.04. The number of halogens is 1. The maximum absolute atomic E-state index is 11.9. The Hall–Kier alpha value is -1.81. The smallest absolute Gasteiger partial charge is 0.413 e. The first-order chi connectivity index (χ1) is 13.5. The molecule has 2 fully saturated rings. The maximum Gasteiger partial charge on any atom is 0.413 e. The van der Waals surface area contributed by atoms with Crippen molar-refractivity contribution in [2.45, 2.75) is 25.8 Å². The van der Waals surface area contributed by atoms with Gasteiger partial charge in [0.1, 0.15) is 16.5 Å². The molecule has 152 valence electrons. The van der Waals surface area contributed by atoms with Crippen molar-refractivity contribution in [2.24, 2.45) is 0 Å². The summed E-state index contributed by atoms with van der Waals surface area (Å²) in [5.74, 6) is 0.371. The lowest BCUT2D eigenvalue weighted by atomic mass is 10.2. The molecule has 0 aromatic carbocycles. The van der Waals surface area contributed by atoms with Gasteiger partial charge in [0.25, 0.3) is 0 Å². The SMILES string of the molecule is Cc1c(Cl)c(OCCN2CCOCC2)nc2sc(OC(=O)NC3CC3)c(N)c12. The van der Waals surface area contributed by atoms with E-state index in [4.69, 9.17) is 31.5 Å². The molecule has 1 aliphatic heterocycles. The fourth-order valence-corrected chi connectivity index (χ4v) is 4.23. The third-order valence-electron chi connectivity index (χ3n) is 4.82. The minimum Gasteiger partial charge on any atom is -0.475 e. The van der Waals surface area contributed by atoms with Gasteiger partial charge in [-0.1, -0.05) is 22.9 Å². The summed E-state index contributed by atoms with van der Waals surface area (Å²) in [6.07, 6.45) is 1.48. The van der Waals surface area contributed by atoms with Crippen LogP contribution in [0.2, 0.25) is 5.02 Å². The number of nitrogens with one attached hydrogen (secondary N) is 1. The van der Waals surface area contributed by atoms with E-state index in [1.54, 1.807) is 0 Å². The predicted molar refractivity (Wildman–Crippen MR) is 109 cm³/mol. The lowest BCUT2D eigenvalue weighted by Gasteiger charge is -2.26. The van der Waals surface area contributed by atoms with Crippen LogP contribution in [0.1, 0.15) is 18.4 Å². The van der Waals surface area contributed by atoms with Crippen LogP contribution in [0, 0.1) is 6.92 Å². The summed E-state index contributed by atoms with van der Waals surface area (Å²) in [5, 5.41) is 4.22. The van der Waals surface area contributed by atoms with Crippen LogP contribution < -0.4 is 20.5 Å². The Morgan fingerprint density at radius 2 is 2.18 bits per heavy atom. The highest BCUT2D eigenvalue weighted by molar-refractivity contribution is 7.21. The van der Waals surface area contributed by atoms with Crippen molar-refractivity contribution in [2.75, 3.05) is 45.2 Å². The number of anilines is 1. The Kier molecular flexibility index (Phi) is 5.77. The number of carbonyl (C=O) groups excluding carboxylic acids is 1. The molecule has 0 radical (unpaired) electrons. The van der Waals surface area contributed by atoms with Crippen LogP contribution in [0.3, 0.4) is 0 Å². The van der Waals surface area contributed by atoms with Crippen LogP contribution >= 0.6 is 22.9 Å². The largest absolute Gasteiger partial charge is 0.475 e. The Morgan fingerprint density at radius 1 is 1.43 bits per heavy atom. The number of carbonyl (C=O) groups is 1. The highest BCUT2D eigenvalue weighted by Gasteiger charge is 2.26. The van der Waals surface area contributed by atoms with Crippen molar-refractivity contribution in [3.63, 3.8) is 0 Å². The van der Waals surface area contributed by atoms with Crippen molar-refractivity contribution < 1.29 is 19.0 Å². The summed E-state index contributed by atoms with van der Waals surface area (Å²) >= 11 is 7.68. The van der Waals surface area contributed by atoms with Gasteiger partial charge in [-0.15, -0.1) is 0 Å². The average Bonchev–Trinajstić information content (AvgIpc) is 3.44. The molecule has 1 aliphatic carbocycles. The molecule has 0 unspecified atom stereocenters. The normalized spacial score (nSPS) is 17.6. The van der Waals surface area contributed by atoms with Gasteiger partial charge in [0.15, 0.2) is 0 Å². The molecular formula is C18H23ClN4O4S. The lowest BCUT2D eigenvalue weighted by Crippen LogP contribution is -2.38. The van der Waals surface area contributed by atoms with Crippen LogP contribution in [-0.4, -0.2) is 61.5 Å². The van der Waals surface area contributed by atoms with Crippen molar-refractivity contribution in [1.82, 2.24) is 15.2 Å². The van der Waals surface area contributed by atoms with Crippen LogP contribution in [0.25, 0.3) is 10.2 Å². The number of rotatable bonds is 6. The summed E-state index contributed by atoms with van der Waals surface area (Å²) in [7, 11) is 0. The number of hydrogen-bond acceptors (Lipinski definition) is 8. The molecule has 1 saturated carbocycles. The Balaban J connectivity index is 1.48. The zero-order chi connectivity index (χ0) is 19.7. The highest BCUT2D eigenvalue weighted by Crippen LogP contribution is 2.44. The Labute approximate surface area is 171 Å². The molecule has 2 aromatic rings. The highest BCUT2D eigenvalue weighted by atomic mass is 35.5. The summed E-state index contributed by atoms with van der Waals surface area (Å²) in [6.45, 7) is 6.40. The number of aromatic nitrogens is 1. The van der Waals surface area contributed by atoms with Crippen LogP contribution in [0.5, 0.6) is 10.9 Å². The van der Waals surface area contributed by atoms with E-state index < -0.39 is 6.09 Å². The third kappa shape index (κ3) is 4.27. The fraction of sp³-hybridized carbons (Fsp3) is 0.556. The first kappa shape index (κ1) is 19.5.